The van der Waals surface area contributed by atoms with Gasteiger partial charge in [0, 0.05) is 5.25 Å². The van der Waals surface area contributed by atoms with Crippen molar-refractivity contribution in [1.29, 1.82) is 0 Å². The second kappa shape index (κ2) is 8.42. The molecule has 0 unspecified atom stereocenters. The number of rotatable bonds is 4. The van der Waals surface area contributed by atoms with Crippen LogP contribution < -0.4 is 9.64 Å². The van der Waals surface area contributed by atoms with Crippen molar-refractivity contribution in [3.05, 3.63) is 58.1 Å². The summed E-state index contributed by atoms with van der Waals surface area (Å²) in [5, 5.41) is 0.954. The van der Waals surface area contributed by atoms with E-state index in [4.69, 9.17) is 27.9 Å². The number of ether oxygens (including phenoxy) is 1. The van der Waals surface area contributed by atoms with Crippen LogP contribution in [0.4, 0.5) is 5.69 Å². The first-order valence-electron chi connectivity index (χ1n) is 9.12. The summed E-state index contributed by atoms with van der Waals surface area (Å²) in [4.78, 5) is 18.7. The number of halogens is 2. The molecule has 4 rings (SSSR count). The molecular formula is C20H18Cl2N2O4S2. The Morgan fingerprint density at radius 1 is 1.17 bits per heavy atom. The molecule has 2 aliphatic heterocycles. The third kappa shape index (κ3) is 4.32. The Morgan fingerprint density at radius 3 is 2.47 bits per heavy atom. The highest BCUT2D eigenvalue weighted by atomic mass is 35.5. The van der Waals surface area contributed by atoms with Gasteiger partial charge < -0.3 is 9.64 Å². The zero-order chi connectivity index (χ0) is 21.5. The van der Waals surface area contributed by atoms with Crippen molar-refractivity contribution in [2.75, 3.05) is 23.5 Å². The summed E-state index contributed by atoms with van der Waals surface area (Å²) < 4.78 is 29.5. The smallest absolute Gasteiger partial charge is 0.252 e. The van der Waals surface area contributed by atoms with Crippen LogP contribution in [-0.4, -0.2) is 49.4 Å². The number of amides is 1. The van der Waals surface area contributed by atoms with Crippen LogP contribution in [0.1, 0.15) is 5.56 Å². The molecule has 2 aromatic rings. The number of fused-ring (bicyclic) bond motifs is 1. The number of carbonyl (C=O) groups is 1. The molecular weight excluding hydrogens is 467 g/mol. The van der Waals surface area contributed by atoms with Gasteiger partial charge in [0.1, 0.15) is 5.75 Å². The summed E-state index contributed by atoms with van der Waals surface area (Å²) in [7, 11) is -1.60. The first-order chi connectivity index (χ1) is 14.3. The number of carbonyl (C=O) groups excluding carboxylic acids is 1. The highest BCUT2D eigenvalue weighted by molar-refractivity contribution is 8.16. The van der Waals surface area contributed by atoms with Gasteiger partial charge in [-0.1, -0.05) is 53.2 Å². The number of hydrogen-bond donors (Lipinski definition) is 0. The highest BCUT2D eigenvalue weighted by Crippen LogP contribution is 2.45. The van der Waals surface area contributed by atoms with E-state index in [1.807, 2.05) is 12.1 Å². The summed E-state index contributed by atoms with van der Waals surface area (Å²) >= 11 is 14.1. The number of nitrogens with zero attached hydrogens (tertiary/aromatic N) is 2. The number of amidine groups is 1. The minimum absolute atomic E-state index is 0.0299. The molecule has 158 valence electrons. The minimum atomic E-state index is -3.18. The molecule has 0 aliphatic carbocycles. The number of methoxy groups -OCH3 is 1. The largest absolute Gasteiger partial charge is 0.497 e. The van der Waals surface area contributed by atoms with Crippen LogP contribution in [-0.2, 0) is 21.1 Å². The fourth-order valence-corrected chi connectivity index (χ4v) is 8.11. The first kappa shape index (κ1) is 21.5. The average molecular weight is 485 g/mol. The second-order valence-corrected chi connectivity index (χ2v) is 11.2. The van der Waals surface area contributed by atoms with E-state index in [9.17, 15) is 13.2 Å². The summed E-state index contributed by atoms with van der Waals surface area (Å²) in [6, 6.07) is 11.9. The van der Waals surface area contributed by atoms with E-state index in [1.54, 1.807) is 42.3 Å². The van der Waals surface area contributed by atoms with E-state index < -0.39 is 9.84 Å². The molecule has 0 radical (unpaired) electrons. The summed E-state index contributed by atoms with van der Waals surface area (Å²) in [5.74, 6) is 0.376. The van der Waals surface area contributed by atoms with Crippen LogP contribution in [0, 0.1) is 0 Å². The molecule has 0 N–H and O–H groups in total. The third-order valence-electron chi connectivity index (χ3n) is 4.98. The molecule has 2 aromatic carbocycles. The van der Waals surface area contributed by atoms with Crippen molar-refractivity contribution in [3.63, 3.8) is 0 Å². The SMILES string of the molecule is COc1ccc(CC(=O)N=C2S[C@H]3CS(=O)(=O)C[C@@H]3N2c2c(Cl)cccc2Cl)cc1. The maximum Gasteiger partial charge on any atom is 0.252 e. The fraction of sp³-hybridized carbons (Fsp3) is 0.300. The monoisotopic (exact) mass is 484 g/mol. The van der Waals surface area contributed by atoms with Crippen LogP contribution in [0.3, 0.4) is 0 Å². The van der Waals surface area contributed by atoms with Crippen LogP contribution >= 0.6 is 35.0 Å². The normalized spacial score (nSPS) is 23.6. The van der Waals surface area contributed by atoms with E-state index in [2.05, 4.69) is 4.99 Å². The number of hydrogen-bond acceptors (Lipinski definition) is 5. The van der Waals surface area contributed by atoms with Gasteiger partial charge in [-0.25, -0.2) is 8.42 Å². The number of aliphatic imine (C=N–C) groups is 1. The molecule has 0 bridgehead atoms. The van der Waals surface area contributed by atoms with Crippen molar-refractivity contribution in [2.24, 2.45) is 4.99 Å². The molecule has 2 saturated heterocycles. The zero-order valence-electron chi connectivity index (χ0n) is 15.9. The Hall–Kier alpha value is -1.74. The number of benzene rings is 2. The molecule has 30 heavy (non-hydrogen) atoms. The highest BCUT2D eigenvalue weighted by Gasteiger charge is 2.50. The lowest BCUT2D eigenvalue weighted by molar-refractivity contribution is -0.117. The van der Waals surface area contributed by atoms with Gasteiger partial charge >= 0.3 is 0 Å². The standard InChI is InChI=1S/C20H18Cl2N2O4S2/c1-28-13-7-5-12(6-8-13)9-18(25)23-20-24(19-14(21)3-2-4-15(19)22)16-10-30(26,27)11-17(16)29-20/h2-8,16-17H,9-11H2,1H3/t16-,17-/m0/s1. The van der Waals surface area contributed by atoms with Gasteiger partial charge in [-0.3, -0.25) is 4.79 Å². The van der Waals surface area contributed by atoms with E-state index in [1.165, 1.54) is 11.8 Å². The quantitative estimate of drug-likeness (QED) is 0.655. The van der Waals surface area contributed by atoms with Crippen LogP contribution in [0.15, 0.2) is 47.5 Å². The maximum atomic E-state index is 12.7. The van der Waals surface area contributed by atoms with Gasteiger partial charge in [0.2, 0.25) is 0 Å². The van der Waals surface area contributed by atoms with Crippen LogP contribution in [0.2, 0.25) is 10.0 Å². The molecule has 2 fully saturated rings. The van der Waals surface area contributed by atoms with E-state index in [0.717, 1.165) is 5.56 Å². The number of para-hydroxylation sites is 1. The van der Waals surface area contributed by atoms with Crippen LogP contribution in [0.5, 0.6) is 5.75 Å². The average Bonchev–Trinajstić information content (AvgIpc) is 3.14. The number of thioether (sulfide) groups is 1. The van der Waals surface area contributed by atoms with Crippen molar-refractivity contribution in [1.82, 2.24) is 0 Å². The fourth-order valence-electron chi connectivity index (χ4n) is 3.61. The maximum absolute atomic E-state index is 12.7. The Kier molecular flexibility index (Phi) is 6.03. The lowest BCUT2D eigenvalue weighted by atomic mass is 10.1. The predicted molar refractivity (Wildman–Crippen MR) is 122 cm³/mol. The second-order valence-electron chi connectivity index (χ2n) is 7.05. The number of anilines is 1. The topological polar surface area (TPSA) is 76.0 Å². The summed E-state index contributed by atoms with van der Waals surface area (Å²) in [6.45, 7) is 0. The summed E-state index contributed by atoms with van der Waals surface area (Å²) in [5.41, 5.74) is 1.28. The van der Waals surface area contributed by atoms with Crippen molar-refractivity contribution in [2.45, 2.75) is 17.7 Å². The Balaban J connectivity index is 1.66. The molecule has 2 heterocycles. The van der Waals surface area contributed by atoms with Crippen LogP contribution in [0.25, 0.3) is 0 Å². The van der Waals surface area contributed by atoms with Crippen molar-refractivity contribution >= 4 is 61.6 Å². The third-order valence-corrected chi connectivity index (χ3v) is 8.80. The zero-order valence-corrected chi connectivity index (χ0v) is 19.1. The minimum Gasteiger partial charge on any atom is -0.497 e. The van der Waals surface area contributed by atoms with E-state index in [-0.39, 0.29) is 35.1 Å². The Labute approximate surface area is 189 Å². The molecule has 0 aromatic heterocycles. The molecule has 0 spiro atoms. The molecule has 2 atom stereocenters. The van der Waals surface area contributed by atoms with Gasteiger partial charge in [-0.05, 0) is 29.8 Å². The van der Waals surface area contributed by atoms with Gasteiger partial charge in [0.05, 0.1) is 46.8 Å². The van der Waals surface area contributed by atoms with E-state index in [0.29, 0.717) is 26.6 Å². The molecule has 0 saturated carbocycles. The van der Waals surface area contributed by atoms with Crippen molar-refractivity contribution in [3.8, 4) is 5.75 Å². The van der Waals surface area contributed by atoms with Gasteiger partial charge in [-0.2, -0.15) is 4.99 Å². The predicted octanol–water partition coefficient (Wildman–Crippen LogP) is 3.85. The molecule has 2 aliphatic rings. The summed E-state index contributed by atoms with van der Waals surface area (Å²) in [6.07, 6.45) is 0.117. The Bertz CT molecular complexity index is 1100. The Morgan fingerprint density at radius 2 is 1.83 bits per heavy atom. The lowest BCUT2D eigenvalue weighted by Gasteiger charge is -2.26. The molecule has 6 nitrogen and oxygen atoms in total. The lowest BCUT2D eigenvalue weighted by Crippen LogP contribution is -2.38. The van der Waals surface area contributed by atoms with Gasteiger partial charge in [0.15, 0.2) is 15.0 Å². The molecule has 10 heteroatoms. The van der Waals surface area contributed by atoms with Gasteiger partial charge in [-0.15, -0.1) is 0 Å². The van der Waals surface area contributed by atoms with Gasteiger partial charge in [0.25, 0.3) is 5.91 Å². The van der Waals surface area contributed by atoms with E-state index >= 15 is 0 Å². The first-order valence-corrected chi connectivity index (χ1v) is 12.6. The number of sulfone groups is 1. The molecule has 1 amide bonds. The van der Waals surface area contributed by atoms with Crippen molar-refractivity contribution < 1.29 is 17.9 Å².